The lowest BCUT2D eigenvalue weighted by atomic mass is 10.1. The number of hydrogen-bond acceptors (Lipinski definition) is 3. The Morgan fingerprint density at radius 1 is 1.21 bits per heavy atom. The molecule has 0 bridgehead atoms. The Bertz CT molecular complexity index is 483. The van der Waals surface area contributed by atoms with E-state index in [0.717, 1.165) is 0 Å². The van der Waals surface area contributed by atoms with E-state index < -0.39 is 0 Å². The van der Waals surface area contributed by atoms with Crippen molar-refractivity contribution in [3.63, 3.8) is 0 Å². The first-order valence-electron chi connectivity index (χ1n) is 3.81. The van der Waals surface area contributed by atoms with Gasteiger partial charge in [-0.2, -0.15) is 15.8 Å². The second-order valence-electron chi connectivity index (χ2n) is 2.59. The first-order valence-corrected chi connectivity index (χ1v) is 3.81. The highest BCUT2D eigenvalue weighted by Crippen LogP contribution is 2.17. The molecule has 0 aliphatic carbocycles. The molecule has 0 unspecified atom stereocenters. The van der Waals surface area contributed by atoms with Gasteiger partial charge in [0.2, 0.25) is 0 Å². The van der Waals surface area contributed by atoms with E-state index in [1.807, 2.05) is 6.07 Å². The summed E-state index contributed by atoms with van der Waals surface area (Å²) in [6, 6.07) is 8.70. The smallest absolute Gasteiger partial charge is 0.149 e. The van der Waals surface area contributed by atoms with Crippen LogP contribution in [0.15, 0.2) is 23.9 Å². The first-order chi connectivity index (χ1) is 6.74. The van der Waals surface area contributed by atoms with Crippen LogP contribution in [-0.4, -0.2) is 4.57 Å². The van der Waals surface area contributed by atoms with Crippen LogP contribution in [0.25, 0.3) is 5.57 Å². The normalized spacial score (nSPS) is 8.14. The molecule has 0 saturated heterocycles. The summed E-state index contributed by atoms with van der Waals surface area (Å²) < 4.78 is 1.69. The fourth-order valence-electron chi connectivity index (χ4n) is 1.10. The highest BCUT2D eigenvalue weighted by atomic mass is 14.9. The van der Waals surface area contributed by atoms with Crippen molar-refractivity contribution in [3.8, 4) is 18.2 Å². The predicted octanol–water partition coefficient (Wildman–Crippen LogP) is 1.35. The van der Waals surface area contributed by atoms with E-state index in [2.05, 4.69) is 0 Å². The van der Waals surface area contributed by atoms with Crippen molar-refractivity contribution in [1.82, 2.24) is 4.57 Å². The summed E-state index contributed by atoms with van der Waals surface area (Å²) in [4.78, 5) is 0. The van der Waals surface area contributed by atoms with Crippen LogP contribution in [0, 0.1) is 34.0 Å². The lowest BCUT2D eigenvalue weighted by Crippen LogP contribution is -1.95. The molecule has 1 aromatic heterocycles. The third-order valence-corrected chi connectivity index (χ3v) is 1.79. The minimum absolute atomic E-state index is 0.113. The molecular formula is C10H6N4. The molecule has 66 valence electrons. The van der Waals surface area contributed by atoms with Crippen LogP contribution in [0.2, 0.25) is 0 Å². The van der Waals surface area contributed by atoms with Crippen LogP contribution in [0.4, 0.5) is 0 Å². The van der Waals surface area contributed by atoms with Crippen molar-refractivity contribution in [3.05, 3.63) is 29.6 Å². The molecule has 0 saturated carbocycles. The number of aromatic nitrogens is 1. The van der Waals surface area contributed by atoms with Gasteiger partial charge in [-0.25, -0.2) is 0 Å². The van der Waals surface area contributed by atoms with E-state index in [0.29, 0.717) is 5.69 Å². The van der Waals surface area contributed by atoms with Crippen molar-refractivity contribution in [2.45, 2.75) is 0 Å². The molecule has 1 aromatic rings. The van der Waals surface area contributed by atoms with Gasteiger partial charge in [0, 0.05) is 13.2 Å². The predicted molar refractivity (Wildman–Crippen MR) is 49.2 cm³/mol. The summed E-state index contributed by atoms with van der Waals surface area (Å²) in [7, 11) is 1.75. The van der Waals surface area contributed by atoms with Gasteiger partial charge in [-0.3, -0.25) is 0 Å². The van der Waals surface area contributed by atoms with Crippen LogP contribution >= 0.6 is 0 Å². The van der Waals surface area contributed by atoms with Gasteiger partial charge >= 0.3 is 0 Å². The van der Waals surface area contributed by atoms with Crippen LogP contribution in [0.5, 0.6) is 0 Å². The van der Waals surface area contributed by atoms with Crippen molar-refractivity contribution in [1.29, 1.82) is 15.8 Å². The van der Waals surface area contributed by atoms with Crippen LogP contribution < -0.4 is 0 Å². The summed E-state index contributed by atoms with van der Waals surface area (Å²) in [6.07, 6.45) is 1.75. The van der Waals surface area contributed by atoms with Crippen molar-refractivity contribution >= 4 is 5.57 Å². The Hall–Kier alpha value is -2.51. The lowest BCUT2D eigenvalue weighted by molar-refractivity contribution is 0.910. The van der Waals surface area contributed by atoms with E-state index in [4.69, 9.17) is 15.8 Å². The highest BCUT2D eigenvalue weighted by Gasteiger charge is 2.10. The third kappa shape index (κ3) is 1.48. The van der Waals surface area contributed by atoms with E-state index in [-0.39, 0.29) is 11.1 Å². The minimum atomic E-state index is -0.158. The maximum absolute atomic E-state index is 8.83. The average molecular weight is 182 g/mol. The number of nitriles is 3. The standard InChI is InChI=1S/C10H6N4/c1-14-4-2-3-10(14)9(7-13)8(5-11)6-12/h2-4H,1H3. The summed E-state index contributed by atoms with van der Waals surface area (Å²) >= 11 is 0. The zero-order chi connectivity index (χ0) is 10.6. The van der Waals surface area contributed by atoms with Crippen molar-refractivity contribution < 1.29 is 0 Å². The third-order valence-electron chi connectivity index (χ3n) is 1.79. The quantitative estimate of drug-likeness (QED) is 0.615. The molecule has 1 rings (SSSR count). The molecule has 0 fully saturated rings. The SMILES string of the molecule is Cn1cccc1C(C#N)=C(C#N)C#N. The topological polar surface area (TPSA) is 76.3 Å². The highest BCUT2D eigenvalue weighted by molar-refractivity contribution is 5.82. The largest absolute Gasteiger partial charge is 0.350 e. The average Bonchev–Trinajstić information content (AvgIpc) is 2.61. The molecule has 0 N–H and O–H groups in total. The maximum atomic E-state index is 8.83. The van der Waals surface area contributed by atoms with Crippen LogP contribution in [0.1, 0.15) is 5.69 Å². The fourth-order valence-corrected chi connectivity index (χ4v) is 1.10. The summed E-state index contributed by atoms with van der Waals surface area (Å²) in [5, 5.41) is 26.1. The Labute approximate surface area is 81.5 Å². The van der Waals surface area contributed by atoms with Crippen molar-refractivity contribution in [2.24, 2.45) is 7.05 Å². The van der Waals surface area contributed by atoms with Crippen LogP contribution in [-0.2, 0) is 7.05 Å². The zero-order valence-corrected chi connectivity index (χ0v) is 7.52. The molecule has 0 radical (unpaired) electrons. The van der Waals surface area contributed by atoms with E-state index in [1.54, 1.807) is 42.1 Å². The maximum Gasteiger partial charge on any atom is 0.149 e. The summed E-state index contributed by atoms with van der Waals surface area (Å²) in [6.45, 7) is 0. The lowest BCUT2D eigenvalue weighted by Gasteiger charge is -1.99. The molecule has 0 amide bonds. The van der Waals surface area contributed by atoms with E-state index >= 15 is 0 Å². The Kier molecular flexibility index (Phi) is 2.69. The van der Waals surface area contributed by atoms with Gasteiger partial charge in [0.1, 0.15) is 29.4 Å². The number of aryl methyl sites for hydroxylation is 1. The molecule has 1 heterocycles. The monoisotopic (exact) mass is 182 g/mol. The van der Waals surface area contributed by atoms with Gasteiger partial charge in [0.25, 0.3) is 0 Å². The van der Waals surface area contributed by atoms with E-state index in [9.17, 15) is 0 Å². The molecule has 4 heteroatoms. The molecule has 0 aliphatic heterocycles. The van der Waals surface area contributed by atoms with Gasteiger partial charge in [-0.05, 0) is 12.1 Å². The molecule has 0 aromatic carbocycles. The molecule has 4 nitrogen and oxygen atoms in total. The van der Waals surface area contributed by atoms with Crippen molar-refractivity contribution in [2.75, 3.05) is 0 Å². The number of allylic oxidation sites excluding steroid dienone is 2. The fraction of sp³-hybridized carbons (Fsp3) is 0.100. The first kappa shape index (κ1) is 9.58. The summed E-state index contributed by atoms with van der Waals surface area (Å²) in [5.41, 5.74) is 0.530. The van der Waals surface area contributed by atoms with Gasteiger partial charge in [-0.1, -0.05) is 0 Å². The van der Waals surface area contributed by atoms with Gasteiger partial charge in [-0.15, -0.1) is 0 Å². The van der Waals surface area contributed by atoms with Gasteiger partial charge in [0.05, 0.1) is 5.69 Å². The molecular weight excluding hydrogens is 176 g/mol. The Morgan fingerprint density at radius 2 is 1.86 bits per heavy atom. The number of hydrogen-bond donors (Lipinski definition) is 0. The van der Waals surface area contributed by atoms with Gasteiger partial charge < -0.3 is 4.57 Å². The van der Waals surface area contributed by atoms with Crippen LogP contribution in [0.3, 0.4) is 0 Å². The number of nitrogens with zero attached hydrogens (tertiary/aromatic N) is 4. The Balaban J connectivity index is 3.43. The zero-order valence-electron chi connectivity index (χ0n) is 7.52. The second kappa shape index (κ2) is 3.94. The molecule has 0 spiro atoms. The van der Waals surface area contributed by atoms with E-state index in [1.165, 1.54) is 0 Å². The van der Waals surface area contributed by atoms with Gasteiger partial charge in [0.15, 0.2) is 0 Å². The Morgan fingerprint density at radius 3 is 2.21 bits per heavy atom. The number of rotatable bonds is 1. The molecule has 0 aliphatic rings. The molecule has 14 heavy (non-hydrogen) atoms. The second-order valence-corrected chi connectivity index (χ2v) is 2.59. The minimum Gasteiger partial charge on any atom is -0.350 e. The molecule has 0 atom stereocenters. The summed E-state index contributed by atoms with van der Waals surface area (Å²) in [5.74, 6) is 0.